The van der Waals surface area contributed by atoms with Crippen LogP contribution in [0.25, 0.3) is 0 Å². The average Bonchev–Trinajstić information content (AvgIpc) is 2.84. The summed E-state index contributed by atoms with van der Waals surface area (Å²) in [6.07, 6.45) is 2.17. The van der Waals surface area contributed by atoms with E-state index in [1.54, 1.807) is 25.3 Å². The summed E-state index contributed by atoms with van der Waals surface area (Å²) in [5.74, 6) is 0.523. The van der Waals surface area contributed by atoms with Gasteiger partial charge >= 0.3 is 0 Å². The molecule has 0 aliphatic carbocycles. The van der Waals surface area contributed by atoms with E-state index in [1.165, 1.54) is 11.3 Å². The first kappa shape index (κ1) is 15.6. The zero-order valence-electron chi connectivity index (χ0n) is 11.8. The van der Waals surface area contributed by atoms with Crippen LogP contribution in [0.3, 0.4) is 0 Å². The summed E-state index contributed by atoms with van der Waals surface area (Å²) in [6, 6.07) is 5.30. The number of nitrogens with one attached hydrogen (secondary N) is 1. The highest BCUT2D eigenvalue weighted by Gasteiger charge is 2.05. The molecule has 0 aliphatic heterocycles. The van der Waals surface area contributed by atoms with Gasteiger partial charge in [0.1, 0.15) is 5.75 Å². The van der Waals surface area contributed by atoms with Crippen molar-refractivity contribution < 1.29 is 9.53 Å². The molecular formula is C14H16ClN3O2S. The minimum Gasteiger partial charge on any atom is -0.495 e. The van der Waals surface area contributed by atoms with Crippen LogP contribution in [-0.4, -0.2) is 24.1 Å². The van der Waals surface area contributed by atoms with E-state index in [9.17, 15) is 4.79 Å². The Hall–Kier alpha value is -1.79. The monoisotopic (exact) mass is 325 g/mol. The van der Waals surface area contributed by atoms with Crippen molar-refractivity contribution in [1.29, 1.82) is 0 Å². The lowest BCUT2D eigenvalue weighted by atomic mass is 10.3. The number of hydrogen-bond acceptors (Lipinski definition) is 4. The molecule has 0 aliphatic rings. The van der Waals surface area contributed by atoms with Crippen molar-refractivity contribution in [1.82, 2.24) is 4.57 Å². The molecule has 0 saturated heterocycles. The molecule has 0 fully saturated rings. The summed E-state index contributed by atoms with van der Waals surface area (Å²) >= 11 is 7.38. The highest BCUT2D eigenvalue weighted by atomic mass is 35.5. The van der Waals surface area contributed by atoms with Crippen LogP contribution in [0.1, 0.15) is 6.42 Å². The van der Waals surface area contributed by atoms with E-state index in [0.717, 1.165) is 5.69 Å². The van der Waals surface area contributed by atoms with E-state index in [0.29, 0.717) is 28.5 Å². The minimum absolute atomic E-state index is 0.165. The summed E-state index contributed by atoms with van der Waals surface area (Å²) in [4.78, 5) is 16.6. The van der Waals surface area contributed by atoms with Crippen molar-refractivity contribution in [3.8, 4) is 5.75 Å². The molecule has 0 spiro atoms. The van der Waals surface area contributed by atoms with Crippen molar-refractivity contribution >= 4 is 34.5 Å². The topological polar surface area (TPSA) is 55.6 Å². The van der Waals surface area contributed by atoms with Crippen LogP contribution >= 0.6 is 22.9 Å². The smallest absolute Gasteiger partial charge is 0.250 e. The number of aromatic nitrogens is 1. The van der Waals surface area contributed by atoms with Gasteiger partial charge in [0.25, 0.3) is 0 Å². The largest absolute Gasteiger partial charge is 0.495 e. The summed E-state index contributed by atoms with van der Waals surface area (Å²) in [6.45, 7) is 0.466. The molecule has 1 amide bonds. The van der Waals surface area contributed by atoms with Gasteiger partial charge in [0.05, 0.1) is 12.8 Å². The second-order valence-corrected chi connectivity index (χ2v) is 5.63. The van der Waals surface area contributed by atoms with E-state index in [2.05, 4.69) is 10.3 Å². The third kappa shape index (κ3) is 4.34. The number of methoxy groups -OCH3 is 1. The Morgan fingerprint density at radius 1 is 1.52 bits per heavy atom. The van der Waals surface area contributed by atoms with E-state index >= 15 is 0 Å². The van der Waals surface area contributed by atoms with E-state index < -0.39 is 0 Å². The molecule has 1 heterocycles. The number of nitrogens with zero attached hydrogens (tertiary/aromatic N) is 2. The lowest BCUT2D eigenvalue weighted by Crippen LogP contribution is -2.14. The fourth-order valence-corrected chi connectivity index (χ4v) is 2.64. The lowest BCUT2D eigenvalue weighted by Gasteiger charge is -2.10. The Morgan fingerprint density at radius 3 is 3.00 bits per heavy atom. The fraction of sp³-hybridized carbons (Fsp3) is 0.286. The van der Waals surface area contributed by atoms with Gasteiger partial charge in [-0.1, -0.05) is 11.6 Å². The predicted molar refractivity (Wildman–Crippen MR) is 85.0 cm³/mol. The lowest BCUT2D eigenvalue weighted by molar-refractivity contribution is -0.117. The first-order chi connectivity index (χ1) is 10.1. The zero-order valence-corrected chi connectivity index (χ0v) is 13.4. The first-order valence-electron chi connectivity index (χ1n) is 6.35. The Balaban J connectivity index is 1.94. The standard InChI is InChI=1S/C14H16ClN3O2S/c1-18-7-8-21-14(18)17-13(19)5-6-16-11-9-10(15)3-4-12(11)20-2/h3-4,7-9,16H,5-6H2,1-2H3. The summed E-state index contributed by atoms with van der Waals surface area (Å²) < 4.78 is 7.04. The molecular weight excluding hydrogens is 310 g/mol. The van der Waals surface area contributed by atoms with Crippen molar-refractivity contribution in [3.05, 3.63) is 39.6 Å². The molecule has 1 aromatic heterocycles. The normalized spacial score (nSPS) is 11.5. The highest BCUT2D eigenvalue weighted by Crippen LogP contribution is 2.27. The third-order valence-electron chi connectivity index (χ3n) is 2.80. The number of hydrogen-bond donors (Lipinski definition) is 1. The SMILES string of the molecule is COc1ccc(Cl)cc1NCCC(=O)N=c1sccn1C. The molecule has 5 nitrogen and oxygen atoms in total. The van der Waals surface area contributed by atoms with Gasteiger partial charge in [0, 0.05) is 36.6 Å². The Kier molecular flexibility index (Phi) is 5.41. The van der Waals surface area contributed by atoms with Crippen LogP contribution in [0, 0.1) is 0 Å². The third-order valence-corrected chi connectivity index (χ3v) is 3.88. The summed E-state index contributed by atoms with van der Waals surface area (Å²) in [7, 11) is 3.45. The second-order valence-electron chi connectivity index (χ2n) is 4.32. The van der Waals surface area contributed by atoms with Crippen LogP contribution in [0.15, 0.2) is 34.8 Å². The number of carbonyl (C=O) groups is 1. The number of amides is 1. The first-order valence-corrected chi connectivity index (χ1v) is 7.61. The molecule has 2 rings (SSSR count). The molecule has 0 unspecified atom stereocenters. The van der Waals surface area contributed by atoms with Crippen molar-refractivity contribution in [3.63, 3.8) is 0 Å². The van der Waals surface area contributed by atoms with Gasteiger partial charge in [-0.25, -0.2) is 0 Å². The summed E-state index contributed by atoms with van der Waals surface area (Å²) in [5, 5.41) is 5.64. The molecule has 21 heavy (non-hydrogen) atoms. The van der Waals surface area contributed by atoms with Crippen molar-refractivity contribution in [2.75, 3.05) is 19.0 Å². The number of ether oxygens (including phenoxy) is 1. The second kappa shape index (κ2) is 7.28. The Bertz CT molecular complexity index is 694. The molecule has 0 radical (unpaired) electrons. The van der Waals surface area contributed by atoms with Crippen LogP contribution in [0.5, 0.6) is 5.75 Å². The maximum atomic E-state index is 11.8. The van der Waals surface area contributed by atoms with E-state index in [-0.39, 0.29) is 5.91 Å². The number of halogens is 1. The van der Waals surface area contributed by atoms with Crippen molar-refractivity contribution in [2.45, 2.75) is 6.42 Å². The molecule has 0 bridgehead atoms. The van der Waals surface area contributed by atoms with Crippen LogP contribution < -0.4 is 14.9 Å². The maximum absolute atomic E-state index is 11.8. The number of anilines is 1. The maximum Gasteiger partial charge on any atom is 0.250 e. The predicted octanol–water partition coefficient (Wildman–Crippen LogP) is 2.68. The molecule has 1 aromatic carbocycles. The molecule has 1 N–H and O–H groups in total. The van der Waals surface area contributed by atoms with Gasteiger partial charge in [-0.15, -0.1) is 11.3 Å². The summed E-state index contributed by atoms with van der Waals surface area (Å²) in [5.41, 5.74) is 0.763. The van der Waals surface area contributed by atoms with Gasteiger partial charge in [0.15, 0.2) is 4.80 Å². The van der Waals surface area contributed by atoms with Gasteiger partial charge in [-0.05, 0) is 18.2 Å². The van der Waals surface area contributed by atoms with Gasteiger partial charge < -0.3 is 14.6 Å². The number of carbonyl (C=O) groups excluding carboxylic acids is 1. The number of thiazole rings is 1. The number of rotatable bonds is 5. The molecule has 7 heteroatoms. The zero-order chi connectivity index (χ0) is 15.2. The van der Waals surface area contributed by atoms with Crippen molar-refractivity contribution in [2.24, 2.45) is 12.0 Å². The minimum atomic E-state index is -0.165. The molecule has 2 aromatic rings. The van der Waals surface area contributed by atoms with E-state index in [4.69, 9.17) is 16.3 Å². The number of benzene rings is 1. The number of aryl methyl sites for hydroxylation is 1. The van der Waals surface area contributed by atoms with Crippen LogP contribution in [-0.2, 0) is 11.8 Å². The van der Waals surface area contributed by atoms with Crippen LogP contribution in [0.4, 0.5) is 5.69 Å². The Morgan fingerprint density at radius 2 is 2.33 bits per heavy atom. The fourth-order valence-electron chi connectivity index (χ4n) is 1.72. The average molecular weight is 326 g/mol. The quantitative estimate of drug-likeness (QED) is 0.919. The van der Waals surface area contributed by atoms with Gasteiger partial charge in [-0.3, -0.25) is 4.79 Å². The van der Waals surface area contributed by atoms with Crippen LogP contribution in [0.2, 0.25) is 5.02 Å². The Labute approximate surface area is 131 Å². The van der Waals surface area contributed by atoms with E-state index in [1.807, 2.05) is 23.2 Å². The molecule has 112 valence electrons. The molecule has 0 atom stereocenters. The molecule has 0 saturated carbocycles. The van der Waals surface area contributed by atoms with Gasteiger partial charge in [-0.2, -0.15) is 4.99 Å². The van der Waals surface area contributed by atoms with Gasteiger partial charge in [0.2, 0.25) is 5.91 Å². The highest BCUT2D eigenvalue weighted by molar-refractivity contribution is 7.07.